The first-order valence-electron chi connectivity index (χ1n) is 9.23. The second-order valence-corrected chi connectivity index (χ2v) is 8.45. The number of carbonyl (C=O) groups is 2. The average Bonchev–Trinajstić information content (AvgIpc) is 3.08. The van der Waals surface area contributed by atoms with Crippen LogP contribution in [-0.4, -0.2) is 33.4 Å². The first kappa shape index (κ1) is 21.5. The van der Waals surface area contributed by atoms with Crippen LogP contribution in [0.1, 0.15) is 16.7 Å². The molecule has 3 rings (SSSR count). The third-order valence-electron chi connectivity index (χ3n) is 4.50. The normalized spacial score (nSPS) is 11.4. The summed E-state index contributed by atoms with van der Waals surface area (Å²) in [4.78, 5) is 23.9. The van der Waals surface area contributed by atoms with Crippen LogP contribution in [0.2, 0.25) is 0 Å². The van der Waals surface area contributed by atoms with Crippen LogP contribution >= 0.6 is 0 Å². The Morgan fingerprint density at radius 2 is 1.87 bits per heavy atom. The van der Waals surface area contributed by atoms with E-state index in [1.54, 1.807) is 12.1 Å². The molecule has 158 valence electrons. The number of aryl methyl sites for hydroxylation is 1. The Kier molecular flexibility index (Phi) is 6.53. The molecule has 0 atom stereocenters. The molecule has 0 spiro atoms. The number of fused-ring (bicyclic) bond motifs is 1. The van der Waals surface area contributed by atoms with Crippen LogP contribution in [0.3, 0.4) is 0 Å². The number of nitrogens with two attached hydrogens (primary N) is 1. The minimum atomic E-state index is -3.73. The number of ether oxygens (including phenoxy) is 1. The maximum atomic E-state index is 12.0. The number of amides is 1. The number of benzene rings is 2. The highest BCUT2D eigenvalue weighted by atomic mass is 32.2. The molecule has 0 saturated heterocycles. The van der Waals surface area contributed by atoms with Gasteiger partial charge in [0.15, 0.2) is 6.61 Å². The predicted molar refractivity (Wildman–Crippen MR) is 110 cm³/mol. The smallest absolute Gasteiger partial charge is 0.310 e. The molecular formula is C21H22N2O6S. The fourth-order valence-electron chi connectivity index (χ4n) is 2.92. The monoisotopic (exact) mass is 430 g/mol. The average molecular weight is 430 g/mol. The van der Waals surface area contributed by atoms with Crippen LogP contribution in [0.25, 0.3) is 11.0 Å². The van der Waals surface area contributed by atoms with Crippen LogP contribution in [0.15, 0.2) is 58.0 Å². The summed E-state index contributed by atoms with van der Waals surface area (Å²) in [6.45, 7) is 1.89. The van der Waals surface area contributed by atoms with Crippen molar-refractivity contribution in [2.45, 2.75) is 24.7 Å². The van der Waals surface area contributed by atoms with Crippen molar-refractivity contribution in [2.24, 2.45) is 5.14 Å². The second-order valence-electron chi connectivity index (χ2n) is 6.89. The Morgan fingerprint density at radius 1 is 1.13 bits per heavy atom. The number of hydrogen-bond acceptors (Lipinski definition) is 6. The van der Waals surface area contributed by atoms with Crippen molar-refractivity contribution in [2.75, 3.05) is 13.2 Å². The van der Waals surface area contributed by atoms with E-state index in [2.05, 4.69) is 5.32 Å². The van der Waals surface area contributed by atoms with Crippen molar-refractivity contribution >= 4 is 32.9 Å². The lowest BCUT2D eigenvalue weighted by Gasteiger charge is -2.07. The van der Waals surface area contributed by atoms with Crippen LogP contribution in [-0.2, 0) is 37.2 Å². The zero-order valence-electron chi connectivity index (χ0n) is 16.4. The maximum Gasteiger partial charge on any atom is 0.310 e. The lowest BCUT2D eigenvalue weighted by molar-refractivity contribution is -0.147. The van der Waals surface area contributed by atoms with E-state index < -0.39 is 21.9 Å². The van der Waals surface area contributed by atoms with Gasteiger partial charge in [-0.25, -0.2) is 13.6 Å². The van der Waals surface area contributed by atoms with E-state index >= 15 is 0 Å². The SMILES string of the molecule is Cc1ccc2c(CC(=O)OCC(=O)NCCc3ccc(S(N)(=O)=O)cc3)coc2c1. The molecule has 0 aliphatic rings. The van der Waals surface area contributed by atoms with E-state index in [4.69, 9.17) is 14.3 Å². The molecule has 0 saturated carbocycles. The summed E-state index contributed by atoms with van der Waals surface area (Å²) < 4.78 is 32.9. The number of primary sulfonamides is 1. The van der Waals surface area contributed by atoms with Crippen LogP contribution < -0.4 is 10.5 Å². The minimum absolute atomic E-state index is 0.0136. The van der Waals surface area contributed by atoms with Crippen molar-refractivity contribution < 1.29 is 27.2 Å². The summed E-state index contributed by atoms with van der Waals surface area (Å²) in [6, 6.07) is 11.8. The highest BCUT2D eigenvalue weighted by Gasteiger charge is 2.13. The van der Waals surface area contributed by atoms with Gasteiger partial charge >= 0.3 is 5.97 Å². The van der Waals surface area contributed by atoms with Gasteiger partial charge in [-0.3, -0.25) is 9.59 Å². The molecule has 0 unspecified atom stereocenters. The molecule has 9 heteroatoms. The quantitative estimate of drug-likeness (QED) is 0.525. The van der Waals surface area contributed by atoms with Crippen molar-refractivity contribution in [1.29, 1.82) is 0 Å². The first-order chi connectivity index (χ1) is 14.2. The largest absolute Gasteiger partial charge is 0.464 e. The fraction of sp³-hybridized carbons (Fsp3) is 0.238. The van der Waals surface area contributed by atoms with Gasteiger partial charge in [-0.05, 0) is 42.7 Å². The van der Waals surface area contributed by atoms with E-state index in [9.17, 15) is 18.0 Å². The van der Waals surface area contributed by atoms with Crippen molar-refractivity contribution in [3.8, 4) is 0 Å². The lowest BCUT2D eigenvalue weighted by Crippen LogP contribution is -2.30. The van der Waals surface area contributed by atoms with Crippen LogP contribution in [0.5, 0.6) is 0 Å². The molecule has 1 aromatic heterocycles. The molecule has 1 heterocycles. The highest BCUT2D eigenvalue weighted by Crippen LogP contribution is 2.22. The van der Waals surface area contributed by atoms with E-state index in [0.29, 0.717) is 24.1 Å². The molecule has 3 N–H and O–H groups in total. The minimum Gasteiger partial charge on any atom is -0.464 e. The van der Waals surface area contributed by atoms with Gasteiger partial charge < -0.3 is 14.5 Å². The Labute approximate surface area is 174 Å². The number of sulfonamides is 1. The topological polar surface area (TPSA) is 129 Å². The van der Waals surface area contributed by atoms with Crippen LogP contribution in [0.4, 0.5) is 0 Å². The number of hydrogen-bond donors (Lipinski definition) is 2. The van der Waals surface area contributed by atoms with Gasteiger partial charge in [0, 0.05) is 17.5 Å². The van der Waals surface area contributed by atoms with E-state index in [1.807, 2.05) is 25.1 Å². The van der Waals surface area contributed by atoms with Crippen molar-refractivity contribution in [1.82, 2.24) is 5.32 Å². The molecular weight excluding hydrogens is 408 g/mol. The summed E-state index contributed by atoms with van der Waals surface area (Å²) in [5, 5.41) is 8.54. The molecule has 0 fully saturated rings. The third kappa shape index (κ3) is 5.68. The highest BCUT2D eigenvalue weighted by molar-refractivity contribution is 7.89. The molecule has 1 amide bonds. The van der Waals surface area contributed by atoms with Crippen molar-refractivity contribution in [3.63, 3.8) is 0 Å². The van der Waals surface area contributed by atoms with E-state index in [0.717, 1.165) is 16.5 Å². The Morgan fingerprint density at radius 3 is 2.57 bits per heavy atom. The van der Waals surface area contributed by atoms with Gasteiger partial charge in [-0.1, -0.05) is 24.3 Å². The molecule has 0 radical (unpaired) electrons. The maximum absolute atomic E-state index is 12.0. The molecule has 0 aliphatic heterocycles. The van der Waals surface area contributed by atoms with Gasteiger partial charge in [-0.2, -0.15) is 0 Å². The molecule has 8 nitrogen and oxygen atoms in total. The van der Waals surface area contributed by atoms with Gasteiger partial charge in [0.2, 0.25) is 10.0 Å². The van der Waals surface area contributed by atoms with Gasteiger partial charge in [0.05, 0.1) is 17.6 Å². The standard InChI is InChI=1S/C21H22N2O6S/c1-14-2-7-18-16(12-28-19(18)10-14)11-21(25)29-13-20(24)23-9-8-15-3-5-17(6-4-15)30(22,26)27/h2-7,10,12H,8-9,11,13H2,1H3,(H,23,24)(H2,22,26,27). The summed E-state index contributed by atoms with van der Waals surface area (Å²) in [7, 11) is -3.73. The molecule has 0 aliphatic carbocycles. The van der Waals surface area contributed by atoms with Crippen molar-refractivity contribution in [3.05, 3.63) is 65.4 Å². The number of rotatable bonds is 8. The van der Waals surface area contributed by atoms with Crippen LogP contribution in [0, 0.1) is 6.92 Å². The first-order valence-corrected chi connectivity index (χ1v) is 10.8. The Bertz CT molecular complexity index is 1170. The molecule has 0 bridgehead atoms. The van der Waals surface area contributed by atoms with E-state index in [1.165, 1.54) is 18.4 Å². The van der Waals surface area contributed by atoms with Gasteiger partial charge in [-0.15, -0.1) is 0 Å². The third-order valence-corrected chi connectivity index (χ3v) is 5.43. The number of nitrogens with one attached hydrogen (secondary N) is 1. The van der Waals surface area contributed by atoms with E-state index in [-0.39, 0.29) is 17.9 Å². The predicted octanol–water partition coefficient (Wildman–Crippen LogP) is 1.83. The Balaban J connectivity index is 1.41. The summed E-state index contributed by atoms with van der Waals surface area (Å²) in [5.41, 5.74) is 3.30. The lowest BCUT2D eigenvalue weighted by atomic mass is 10.1. The molecule has 3 aromatic rings. The van der Waals surface area contributed by atoms with Gasteiger partial charge in [0.1, 0.15) is 5.58 Å². The summed E-state index contributed by atoms with van der Waals surface area (Å²) in [5.74, 6) is -0.941. The number of esters is 1. The number of furan rings is 1. The molecule has 30 heavy (non-hydrogen) atoms. The zero-order chi connectivity index (χ0) is 21.7. The summed E-state index contributed by atoms with van der Waals surface area (Å²) >= 11 is 0. The fourth-order valence-corrected chi connectivity index (χ4v) is 3.44. The second kappa shape index (κ2) is 9.10. The Hall–Kier alpha value is -3.17. The summed E-state index contributed by atoms with van der Waals surface area (Å²) in [6.07, 6.45) is 2.03. The zero-order valence-corrected chi connectivity index (χ0v) is 17.2. The number of carbonyl (C=O) groups excluding carboxylic acids is 2. The molecule has 2 aromatic carbocycles. The van der Waals surface area contributed by atoms with Gasteiger partial charge in [0.25, 0.3) is 5.91 Å².